The molecule has 1 heterocycles. The van der Waals surface area contributed by atoms with Crippen LogP contribution in [0.25, 0.3) is 11.4 Å². The third-order valence-corrected chi connectivity index (χ3v) is 5.35. The van der Waals surface area contributed by atoms with Gasteiger partial charge in [-0.15, -0.1) is 0 Å². The number of hydrogen-bond donors (Lipinski definition) is 1. The van der Waals surface area contributed by atoms with Crippen LogP contribution in [-0.4, -0.2) is 31.1 Å². The van der Waals surface area contributed by atoms with Gasteiger partial charge in [0.05, 0.1) is 11.3 Å². The Morgan fingerprint density at radius 1 is 1.21 bits per heavy atom. The summed E-state index contributed by atoms with van der Waals surface area (Å²) in [6.45, 7) is -0.424. The van der Waals surface area contributed by atoms with Gasteiger partial charge in [-0.2, -0.15) is 4.98 Å². The Labute approximate surface area is 170 Å². The van der Waals surface area contributed by atoms with E-state index < -0.39 is 21.8 Å². The summed E-state index contributed by atoms with van der Waals surface area (Å²) < 4.78 is 49.4. The maximum Gasteiger partial charge on any atom is 0.307 e. The van der Waals surface area contributed by atoms with E-state index >= 15 is 0 Å². The van der Waals surface area contributed by atoms with Crippen molar-refractivity contribution in [3.05, 3.63) is 65.3 Å². The fourth-order valence-electron chi connectivity index (χ4n) is 2.25. The number of hydrogen-bond acceptors (Lipinski definition) is 7. The Morgan fingerprint density at radius 3 is 2.69 bits per heavy atom. The van der Waals surface area contributed by atoms with Gasteiger partial charge in [0.1, 0.15) is 5.82 Å². The summed E-state index contributed by atoms with van der Waals surface area (Å²) in [6, 6.07) is 11.2. The van der Waals surface area contributed by atoms with Crippen molar-refractivity contribution >= 4 is 27.6 Å². The van der Waals surface area contributed by atoms with Gasteiger partial charge >= 0.3 is 5.97 Å². The molecule has 8 nitrogen and oxygen atoms in total. The highest BCUT2D eigenvalue weighted by Gasteiger charge is 2.16. The normalized spacial score (nSPS) is 11.4. The van der Waals surface area contributed by atoms with E-state index in [-0.39, 0.29) is 41.2 Å². The number of nitrogens with zero attached hydrogens (tertiary/aromatic N) is 2. The molecule has 0 atom stereocenters. The highest BCUT2D eigenvalue weighted by Crippen LogP contribution is 2.17. The average Bonchev–Trinajstić information content (AvgIpc) is 3.16. The van der Waals surface area contributed by atoms with Gasteiger partial charge in [-0.1, -0.05) is 22.8 Å². The molecule has 0 amide bonds. The molecule has 3 rings (SSSR count). The number of halogens is 2. The van der Waals surface area contributed by atoms with E-state index in [4.69, 9.17) is 20.9 Å². The van der Waals surface area contributed by atoms with Crippen LogP contribution >= 0.6 is 11.6 Å². The zero-order valence-electron chi connectivity index (χ0n) is 14.8. The third kappa shape index (κ3) is 5.83. The smallest absolute Gasteiger partial charge is 0.307 e. The molecule has 0 fully saturated rings. The Balaban J connectivity index is 1.46. The van der Waals surface area contributed by atoms with Gasteiger partial charge in [-0.05, 0) is 42.5 Å². The van der Waals surface area contributed by atoms with Crippen LogP contribution in [0.2, 0.25) is 5.02 Å². The number of sulfonamides is 1. The van der Waals surface area contributed by atoms with Gasteiger partial charge in [-0.25, -0.2) is 17.5 Å². The first-order valence-electron chi connectivity index (χ1n) is 8.33. The average molecular weight is 440 g/mol. The second-order valence-corrected chi connectivity index (χ2v) is 7.99. The molecule has 152 valence electrons. The molecule has 11 heteroatoms. The minimum atomic E-state index is -3.79. The highest BCUT2D eigenvalue weighted by atomic mass is 35.5. The first-order valence-corrected chi connectivity index (χ1v) is 10.2. The molecule has 0 radical (unpaired) electrons. The zero-order chi connectivity index (χ0) is 20.9. The summed E-state index contributed by atoms with van der Waals surface area (Å²) in [5, 5.41) is 4.01. The number of ether oxygens (including phenoxy) is 1. The maximum atomic E-state index is 12.9. The van der Waals surface area contributed by atoms with Crippen LogP contribution < -0.4 is 4.72 Å². The molecular formula is C18H15ClFN3O5S. The lowest BCUT2D eigenvalue weighted by Crippen LogP contribution is -2.26. The topological polar surface area (TPSA) is 111 Å². The van der Waals surface area contributed by atoms with Crippen molar-refractivity contribution in [1.29, 1.82) is 0 Å². The fourth-order valence-corrected chi connectivity index (χ4v) is 3.58. The second-order valence-electron chi connectivity index (χ2n) is 5.78. The second kappa shape index (κ2) is 9.12. The molecule has 3 aromatic rings. The van der Waals surface area contributed by atoms with Crippen molar-refractivity contribution in [3.8, 4) is 11.4 Å². The number of rotatable bonds is 8. The quantitative estimate of drug-likeness (QED) is 0.537. The highest BCUT2D eigenvalue weighted by molar-refractivity contribution is 7.89. The summed E-state index contributed by atoms with van der Waals surface area (Å²) in [5.41, 5.74) is 0.545. The van der Waals surface area contributed by atoms with Crippen molar-refractivity contribution < 1.29 is 26.9 Å². The molecule has 0 aliphatic rings. The number of carbonyl (C=O) groups is 1. The van der Waals surface area contributed by atoms with Gasteiger partial charge in [-0.3, -0.25) is 4.79 Å². The number of carbonyl (C=O) groups excluding carboxylic acids is 1. The van der Waals surface area contributed by atoms with Gasteiger partial charge in [0, 0.05) is 17.1 Å². The van der Waals surface area contributed by atoms with Crippen LogP contribution in [-0.2, 0) is 26.2 Å². The largest absolute Gasteiger partial charge is 0.456 e. The Bertz CT molecular complexity index is 1100. The van der Waals surface area contributed by atoms with Crippen molar-refractivity contribution in [2.45, 2.75) is 17.9 Å². The fraction of sp³-hybridized carbons (Fsp3) is 0.167. The summed E-state index contributed by atoms with van der Waals surface area (Å²) >= 11 is 5.78. The molecule has 1 N–H and O–H groups in total. The van der Waals surface area contributed by atoms with E-state index in [0.29, 0.717) is 5.56 Å². The first kappa shape index (κ1) is 20.9. The van der Waals surface area contributed by atoms with Crippen LogP contribution in [0, 0.1) is 5.82 Å². The lowest BCUT2D eigenvalue weighted by molar-refractivity contribution is -0.145. The summed E-state index contributed by atoms with van der Waals surface area (Å²) in [6.07, 6.45) is -0.196. The lowest BCUT2D eigenvalue weighted by atomic mass is 10.2. The van der Waals surface area contributed by atoms with Gasteiger partial charge < -0.3 is 9.26 Å². The van der Waals surface area contributed by atoms with E-state index in [1.165, 1.54) is 42.5 Å². The minimum absolute atomic E-state index is 0.00227. The molecular weight excluding hydrogens is 425 g/mol. The van der Waals surface area contributed by atoms with Crippen molar-refractivity contribution in [1.82, 2.24) is 14.9 Å². The lowest BCUT2D eigenvalue weighted by Gasteiger charge is -2.07. The molecule has 2 aromatic carbocycles. The zero-order valence-corrected chi connectivity index (χ0v) is 16.4. The molecule has 0 unspecified atom stereocenters. The number of benzene rings is 2. The summed E-state index contributed by atoms with van der Waals surface area (Å²) in [4.78, 5) is 15.8. The van der Waals surface area contributed by atoms with Crippen LogP contribution in [0.15, 0.2) is 57.9 Å². The molecule has 0 aliphatic heterocycles. The Kier molecular flexibility index (Phi) is 6.57. The van der Waals surface area contributed by atoms with E-state index in [9.17, 15) is 17.6 Å². The van der Waals surface area contributed by atoms with Gasteiger partial charge in [0.25, 0.3) is 5.89 Å². The van der Waals surface area contributed by atoms with E-state index in [0.717, 1.165) is 0 Å². The monoisotopic (exact) mass is 439 g/mol. The summed E-state index contributed by atoms with van der Waals surface area (Å²) in [5.74, 6) is -0.764. The number of esters is 1. The first-order chi connectivity index (χ1) is 13.8. The van der Waals surface area contributed by atoms with E-state index in [1.54, 1.807) is 6.07 Å². The molecule has 0 bridgehead atoms. The SMILES string of the molecule is O=C(CCNS(=O)(=O)c1cccc(Cl)c1)OCc1nc(-c2ccc(F)cc2)no1. The molecule has 29 heavy (non-hydrogen) atoms. The van der Waals surface area contributed by atoms with Crippen LogP contribution in [0.4, 0.5) is 4.39 Å². The number of aromatic nitrogens is 2. The minimum Gasteiger partial charge on any atom is -0.456 e. The Morgan fingerprint density at radius 2 is 1.97 bits per heavy atom. The van der Waals surface area contributed by atoms with Gasteiger partial charge in [0.15, 0.2) is 6.61 Å². The molecule has 0 aliphatic carbocycles. The predicted octanol–water partition coefficient (Wildman–Crippen LogP) is 2.94. The summed E-state index contributed by atoms with van der Waals surface area (Å²) in [7, 11) is -3.79. The van der Waals surface area contributed by atoms with Crippen molar-refractivity contribution in [2.75, 3.05) is 6.54 Å². The van der Waals surface area contributed by atoms with Crippen molar-refractivity contribution in [2.24, 2.45) is 0 Å². The van der Waals surface area contributed by atoms with Crippen LogP contribution in [0.1, 0.15) is 12.3 Å². The Hall–Kier alpha value is -2.82. The number of nitrogens with one attached hydrogen (secondary N) is 1. The standard InChI is InChI=1S/C18H15ClFN3O5S/c19-13-2-1-3-15(10-13)29(25,26)21-9-8-17(24)27-11-16-22-18(23-28-16)12-4-6-14(20)7-5-12/h1-7,10,21H,8-9,11H2. The molecule has 0 saturated carbocycles. The molecule has 0 spiro atoms. The van der Waals surface area contributed by atoms with E-state index in [2.05, 4.69) is 14.9 Å². The van der Waals surface area contributed by atoms with Gasteiger partial charge in [0.2, 0.25) is 15.8 Å². The third-order valence-electron chi connectivity index (χ3n) is 3.65. The maximum absolute atomic E-state index is 12.9. The molecule has 0 saturated heterocycles. The van der Waals surface area contributed by atoms with Crippen LogP contribution in [0.3, 0.4) is 0 Å². The van der Waals surface area contributed by atoms with Crippen molar-refractivity contribution in [3.63, 3.8) is 0 Å². The molecule has 1 aromatic heterocycles. The van der Waals surface area contributed by atoms with Crippen LogP contribution in [0.5, 0.6) is 0 Å². The predicted molar refractivity (Wildman–Crippen MR) is 101 cm³/mol. The van der Waals surface area contributed by atoms with E-state index in [1.807, 2.05) is 0 Å².